The van der Waals surface area contributed by atoms with E-state index in [2.05, 4.69) is 10.3 Å². The van der Waals surface area contributed by atoms with Crippen molar-refractivity contribution in [2.24, 2.45) is 0 Å². The van der Waals surface area contributed by atoms with E-state index in [-0.39, 0.29) is 35.2 Å². The molecule has 0 atom stereocenters. The van der Waals surface area contributed by atoms with Crippen molar-refractivity contribution in [3.05, 3.63) is 77.6 Å². The summed E-state index contributed by atoms with van der Waals surface area (Å²) in [7, 11) is -4.19. The van der Waals surface area contributed by atoms with E-state index in [0.29, 0.717) is 5.56 Å². The third-order valence-electron chi connectivity index (χ3n) is 4.98. The molecule has 0 fully saturated rings. The topological polar surface area (TPSA) is 88.6 Å². The number of aromatic nitrogens is 1. The van der Waals surface area contributed by atoms with E-state index in [0.717, 1.165) is 34.3 Å². The van der Waals surface area contributed by atoms with Crippen LogP contribution in [0, 0.1) is 6.92 Å². The number of sulfonamides is 1. The number of anilines is 2. The number of hydrogen-bond donors (Lipinski definition) is 1. The van der Waals surface area contributed by atoms with Crippen LogP contribution >= 0.6 is 0 Å². The van der Waals surface area contributed by atoms with Crippen molar-refractivity contribution in [1.29, 1.82) is 0 Å². The van der Waals surface area contributed by atoms with Crippen LogP contribution in [0.4, 0.5) is 24.5 Å². The summed E-state index contributed by atoms with van der Waals surface area (Å²) in [5.74, 6) is -0.395. The van der Waals surface area contributed by atoms with Gasteiger partial charge in [0.2, 0.25) is 0 Å². The summed E-state index contributed by atoms with van der Waals surface area (Å²) in [6.45, 7) is 1.68. The van der Waals surface area contributed by atoms with E-state index >= 15 is 0 Å². The number of fused-ring (bicyclic) bond motifs is 1. The van der Waals surface area contributed by atoms with Crippen LogP contribution in [0.15, 0.2) is 65.7 Å². The van der Waals surface area contributed by atoms with E-state index in [1.165, 1.54) is 24.4 Å². The minimum absolute atomic E-state index is 0.00596. The van der Waals surface area contributed by atoms with Crippen LogP contribution in [-0.2, 0) is 16.2 Å². The quantitative estimate of drug-likeness (QED) is 0.609. The van der Waals surface area contributed by atoms with Crippen molar-refractivity contribution in [2.75, 3.05) is 22.8 Å². The Bertz CT molecular complexity index is 1290. The molecule has 0 aliphatic carbocycles. The Balaban J connectivity index is 1.65. The third-order valence-corrected chi connectivity index (χ3v) is 6.83. The smallest absolute Gasteiger partial charge is 0.416 e. The van der Waals surface area contributed by atoms with Gasteiger partial charge in [0.15, 0.2) is 0 Å². The molecule has 1 aliphatic rings. The van der Waals surface area contributed by atoms with Gasteiger partial charge in [0.05, 0.1) is 23.4 Å². The van der Waals surface area contributed by atoms with E-state index in [1.54, 1.807) is 19.1 Å². The molecule has 1 aliphatic heterocycles. The van der Waals surface area contributed by atoms with Crippen LogP contribution < -0.4 is 14.4 Å². The van der Waals surface area contributed by atoms with E-state index in [1.807, 2.05) is 0 Å². The summed E-state index contributed by atoms with van der Waals surface area (Å²) in [6, 6.07) is 11.3. The first-order valence-electron chi connectivity index (χ1n) is 9.76. The number of benzene rings is 2. The highest BCUT2D eigenvalue weighted by Gasteiger charge is 2.33. The van der Waals surface area contributed by atoms with E-state index < -0.39 is 27.7 Å². The molecule has 4 rings (SSSR count). The van der Waals surface area contributed by atoms with Gasteiger partial charge in [-0.05, 0) is 61.5 Å². The second-order valence-corrected chi connectivity index (χ2v) is 9.10. The lowest BCUT2D eigenvalue weighted by Crippen LogP contribution is -2.32. The molecule has 1 aromatic heterocycles. The number of rotatable bonds is 3. The largest absolute Gasteiger partial charge is 0.490 e. The summed E-state index contributed by atoms with van der Waals surface area (Å²) in [4.78, 5) is 16.3. The van der Waals surface area contributed by atoms with Crippen LogP contribution in [0.5, 0.6) is 5.75 Å². The number of aryl methyl sites for hydroxylation is 1. The monoisotopic (exact) mass is 477 g/mol. The minimum Gasteiger partial charge on any atom is -0.490 e. The van der Waals surface area contributed by atoms with Crippen LogP contribution in [0.3, 0.4) is 0 Å². The lowest BCUT2D eigenvalue weighted by Gasteiger charge is -2.22. The first-order chi connectivity index (χ1) is 15.6. The van der Waals surface area contributed by atoms with Crippen molar-refractivity contribution in [2.45, 2.75) is 18.0 Å². The van der Waals surface area contributed by atoms with Gasteiger partial charge in [0.25, 0.3) is 15.9 Å². The minimum atomic E-state index is -4.54. The normalized spacial score (nSPS) is 15.2. The van der Waals surface area contributed by atoms with E-state index in [9.17, 15) is 26.4 Å². The summed E-state index contributed by atoms with van der Waals surface area (Å²) in [6.07, 6.45) is -3.13. The molecule has 0 radical (unpaired) electrons. The molecule has 2 heterocycles. The SMILES string of the molecule is Cc1ccc(C(=O)Nc2ccc3c(c2)S(=O)(=O)N(c2ccc(C(F)(F)F)cc2)CCO3)cn1. The number of hydrogen-bond acceptors (Lipinski definition) is 5. The second kappa shape index (κ2) is 8.39. The number of ether oxygens (including phenoxy) is 1. The number of alkyl halides is 3. The number of halogens is 3. The number of pyridine rings is 1. The fourth-order valence-electron chi connectivity index (χ4n) is 3.27. The first kappa shape index (κ1) is 22.6. The Morgan fingerprint density at radius 3 is 2.45 bits per heavy atom. The zero-order valence-corrected chi connectivity index (χ0v) is 18.1. The molecule has 3 aromatic rings. The molecule has 0 bridgehead atoms. The Hall–Kier alpha value is -3.60. The zero-order chi connectivity index (χ0) is 23.8. The lowest BCUT2D eigenvalue weighted by atomic mass is 10.2. The van der Waals surface area contributed by atoms with Crippen molar-refractivity contribution in [3.63, 3.8) is 0 Å². The highest BCUT2D eigenvalue weighted by molar-refractivity contribution is 7.93. The summed E-state index contributed by atoms with van der Waals surface area (Å²) < 4.78 is 71.9. The first-order valence-corrected chi connectivity index (χ1v) is 11.2. The number of amides is 1. The molecule has 0 spiro atoms. The van der Waals surface area contributed by atoms with Crippen LogP contribution in [0.1, 0.15) is 21.6 Å². The molecule has 33 heavy (non-hydrogen) atoms. The average Bonchev–Trinajstić information content (AvgIpc) is 2.89. The number of nitrogens with zero attached hydrogens (tertiary/aromatic N) is 2. The van der Waals surface area contributed by atoms with Gasteiger partial charge in [-0.2, -0.15) is 13.2 Å². The maximum Gasteiger partial charge on any atom is 0.416 e. The molecule has 7 nitrogen and oxygen atoms in total. The van der Waals surface area contributed by atoms with Gasteiger partial charge in [-0.25, -0.2) is 8.42 Å². The van der Waals surface area contributed by atoms with Gasteiger partial charge < -0.3 is 10.1 Å². The maximum absolute atomic E-state index is 13.4. The Morgan fingerprint density at radius 2 is 1.82 bits per heavy atom. The van der Waals surface area contributed by atoms with Gasteiger partial charge in [-0.15, -0.1) is 0 Å². The van der Waals surface area contributed by atoms with Gasteiger partial charge in [0.1, 0.15) is 17.3 Å². The average molecular weight is 477 g/mol. The second-order valence-electron chi connectivity index (χ2n) is 7.27. The van der Waals surface area contributed by atoms with Crippen LogP contribution in [-0.4, -0.2) is 32.5 Å². The molecule has 0 saturated carbocycles. The number of carbonyl (C=O) groups is 1. The molecule has 1 N–H and O–H groups in total. The molecule has 172 valence electrons. The van der Waals surface area contributed by atoms with E-state index in [4.69, 9.17) is 4.74 Å². The fourth-order valence-corrected chi connectivity index (χ4v) is 4.88. The van der Waals surface area contributed by atoms with Crippen LogP contribution in [0.2, 0.25) is 0 Å². The van der Waals surface area contributed by atoms with Gasteiger partial charge >= 0.3 is 6.18 Å². The molecule has 0 unspecified atom stereocenters. The Labute approximate surface area is 187 Å². The lowest BCUT2D eigenvalue weighted by molar-refractivity contribution is -0.137. The van der Waals surface area contributed by atoms with Crippen molar-refractivity contribution in [3.8, 4) is 5.75 Å². The predicted molar refractivity (Wildman–Crippen MR) is 115 cm³/mol. The molecular weight excluding hydrogens is 459 g/mol. The fraction of sp³-hybridized carbons (Fsp3) is 0.182. The molecule has 1 amide bonds. The Morgan fingerprint density at radius 1 is 1.09 bits per heavy atom. The Kier molecular flexibility index (Phi) is 5.75. The maximum atomic E-state index is 13.4. The zero-order valence-electron chi connectivity index (χ0n) is 17.3. The highest BCUT2D eigenvalue weighted by atomic mass is 32.2. The van der Waals surface area contributed by atoms with Gasteiger partial charge in [0, 0.05) is 17.6 Å². The highest BCUT2D eigenvalue weighted by Crippen LogP contribution is 2.36. The van der Waals surface area contributed by atoms with Crippen molar-refractivity contribution < 1.29 is 31.1 Å². The summed E-state index contributed by atoms with van der Waals surface area (Å²) in [5.41, 5.74) is 0.426. The van der Waals surface area contributed by atoms with Crippen LogP contribution in [0.25, 0.3) is 0 Å². The van der Waals surface area contributed by atoms with Crippen molar-refractivity contribution in [1.82, 2.24) is 4.98 Å². The summed E-state index contributed by atoms with van der Waals surface area (Å²) in [5, 5.41) is 2.62. The third kappa shape index (κ3) is 4.63. The molecular formula is C22H18F3N3O4S. The van der Waals surface area contributed by atoms with Crippen molar-refractivity contribution >= 4 is 27.3 Å². The number of nitrogens with one attached hydrogen (secondary N) is 1. The molecule has 11 heteroatoms. The standard InChI is InChI=1S/C22H18F3N3O4S/c1-14-2-3-15(13-26-14)21(29)27-17-6-9-19-20(12-17)33(30,31)28(10-11-32-19)18-7-4-16(5-8-18)22(23,24)25/h2-9,12-13H,10-11H2,1H3,(H,27,29). The van der Waals surface area contributed by atoms with Gasteiger partial charge in [-0.3, -0.25) is 14.1 Å². The molecule has 2 aromatic carbocycles. The number of carbonyl (C=O) groups excluding carboxylic acids is 1. The molecule has 0 saturated heterocycles. The van der Waals surface area contributed by atoms with Gasteiger partial charge in [-0.1, -0.05) is 0 Å². The predicted octanol–water partition coefficient (Wildman–Crippen LogP) is 4.25. The summed E-state index contributed by atoms with van der Waals surface area (Å²) >= 11 is 0.